The SMILES string of the molecule is OCCOCCN1CCC[C@H]2CCCC[C@H]21. The number of fused-ring (bicyclic) bond motifs is 1. The lowest BCUT2D eigenvalue weighted by Crippen LogP contribution is -2.47. The van der Waals surface area contributed by atoms with E-state index in [0.717, 1.165) is 25.1 Å². The minimum atomic E-state index is 0.145. The van der Waals surface area contributed by atoms with Gasteiger partial charge in [-0.25, -0.2) is 0 Å². The lowest BCUT2D eigenvalue weighted by Gasteiger charge is -2.44. The zero-order valence-corrected chi connectivity index (χ0v) is 10.2. The van der Waals surface area contributed by atoms with Gasteiger partial charge in [-0.1, -0.05) is 12.8 Å². The van der Waals surface area contributed by atoms with E-state index in [9.17, 15) is 0 Å². The zero-order valence-electron chi connectivity index (χ0n) is 10.2. The number of hydrogen-bond donors (Lipinski definition) is 1. The van der Waals surface area contributed by atoms with Gasteiger partial charge in [0.25, 0.3) is 0 Å². The van der Waals surface area contributed by atoms with Crippen LogP contribution in [-0.4, -0.2) is 49.0 Å². The molecule has 0 unspecified atom stereocenters. The molecule has 3 nitrogen and oxygen atoms in total. The van der Waals surface area contributed by atoms with E-state index in [-0.39, 0.29) is 6.61 Å². The molecule has 1 heterocycles. The summed E-state index contributed by atoms with van der Waals surface area (Å²) in [5, 5.41) is 8.65. The van der Waals surface area contributed by atoms with E-state index in [0.29, 0.717) is 6.61 Å². The summed E-state index contributed by atoms with van der Waals surface area (Å²) in [7, 11) is 0. The molecule has 1 N–H and O–H groups in total. The van der Waals surface area contributed by atoms with Crippen LogP contribution in [0.2, 0.25) is 0 Å². The first kappa shape index (κ1) is 12.3. The molecular weight excluding hydrogens is 202 g/mol. The topological polar surface area (TPSA) is 32.7 Å². The number of hydrogen-bond acceptors (Lipinski definition) is 3. The Balaban J connectivity index is 1.74. The molecule has 16 heavy (non-hydrogen) atoms. The van der Waals surface area contributed by atoms with Gasteiger partial charge in [-0.3, -0.25) is 4.90 Å². The zero-order chi connectivity index (χ0) is 11.2. The van der Waals surface area contributed by atoms with Crippen LogP contribution >= 0.6 is 0 Å². The van der Waals surface area contributed by atoms with Crippen molar-refractivity contribution in [2.45, 2.75) is 44.6 Å². The molecule has 0 aromatic carbocycles. The molecule has 0 bridgehead atoms. The molecule has 0 aromatic heterocycles. The molecule has 2 fully saturated rings. The van der Waals surface area contributed by atoms with E-state index in [2.05, 4.69) is 4.90 Å². The Morgan fingerprint density at radius 1 is 1.06 bits per heavy atom. The Morgan fingerprint density at radius 3 is 2.75 bits per heavy atom. The minimum absolute atomic E-state index is 0.145. The summed E-state index contributed by atoms with van der Waals surface area (Å²) in [6.45, 7) is 3.72. The first-order chi connectivity index (χ1) is 7.92. The van der Waals surface area contributed by atoms with Gasteiger partial charge in [0.1, 0.15) is 0 Å². The maximum atomic E-state index is 8.65. The van der Waals surface area contributed by atoms with Crippen molar-refractivity contribution < 1.29 is 9.84 Å². The smallest absolute Gasteiger partial charge is 0.0698 e. The molecule has 2 atom stereocenters. The first-order valence-electron chi connectivity index (χ1n) is 6.84. The van der Waals surface area contributed by atoms with E-state index in [1.54, 1.807) is 0 Å². The lowest BCUT2D eigenvalue weighted by atomic mass is 9.78. The van der Waals surface area contributed by atoms with Gasteiger partial charge in [-0.2, -0.15) is 0 Å². The van der Waals surface area contributed by atoms with Crippen molar-refractivity contribution in [2.75, 3.05) is 32.9 Å². The molecule has 94 valence electrons. The second-order valence-electron chi connectivity index (χ2n) is 5.13. The Morgan fingerprint density at radius 2 is 1.88 bits per heavy atom. The average molecular weight is 227 g/mol. The highest BCUT2D eigenvalue weighted by atomic mass is 16.5. The van der Waals surface area contributed by atoms with Crippen molar-refractivity contribution in [3.05, 3.63) is 0 Å². The largest absolute Gasteiger partial charge is 0.394 e. The highest BCUT2D eigenvalue weighted by Gasteiger charge is 2.32. The van der Waals surface area contributed by atoms with Gasteiger partial charge >= 0.3 is 0 Å². The van der Waals surface area contributed by atoms with Gasteiger partial charge in [0.05, 0.1) is 19.8 Å². The first-order valence-corrected chi connectivity index (χ1v) is 6.84. The van der Waals surface area contributed by atoms with Crippen molar-refractivity contribution in [3.8, 4) is 0 Å². The molecule has 0 radical (unpaired) electrons. The third-order valence-corrected chi connectivity index (χ3v) is 4.12. The lowest BCUT2D eigenvalue weighted by molar-refractivity contribution is 0.0217. The van der Waals surface area contributed by atoms with Crippen LogP contribution in [-0.2, 0) is 4.74 Å². The summed E-state index contributed by atoms with van der Waals surface area (Å²) in [5.41, 5.74) is 0. The van der Waals surface area contributed by atoms with Crippen molar-refractivity contribution in [1.82, 2.24) is 4.90 Å². The molecule has 1 aliphatic heterocycles. The van der Waals surface area contributed by atoms with Crippen molar-refractivity contribution in [2.24, 2.45) is 5.92 Å². The Bertz CT molecular complexity index is 196. The number of rotatable bonds is 5. The van der Waals surface area contributed by atoms with Crippen LogP contribution in [0.5, 0.6) is 0 Å². The van der Waals surface area contributed by atoms with Crippen LogP contribution in [0.1, 0.15) is 38.5 Å². The molecule has 0 amide bonds. The maximum Gasteiger partial charge on any atom is 0.0698 e. The summed E-state index contributed by atoms with van der Waals surface area (Å²) in [6, 6.07) is 0.834. The number of nitrogens with zero attached hydrogens (tertiary/aromatic N) is 1. The summed E-state index contributed by atoms with van der Waals surface area (Å²) in [4.78, 5) is 2.63. The summed E-state index contributed by atoms with van der Waals surface area (Å²) in [5.74, 6) is 0.959. The van der Waals surface area contributed by atoms with Crippen LogP contribution in [0.25, 0.3) is 0 Å². The third kappa shape index (κ3) is 3.19. The van der Waals surface area contributed by atoms with Crippen LogP contribution < -0.4 is 0 Å². The van der Waals surface area contributed by atoms with Gasteiger partial charge < -0.3 is 9.84 Å². The predicted octanol–water partition coefficient (Wildman–Crippen LogP) is 1.65. The molecule has 3 heteroatoms. The summed E-state index contributed by atoms with van der Waals surface area (Å²) < 4.78 is 5.37. The van der Waals surface area contributed by atoms with Crippen LogP contribution in [0.15, 0.2) is 0 Å². The molecule has 1 saturated heterocycles. The quantitative estimate of drug-likeness (QED) is 0.725. The molecule has 2 rings (SSSR count). The average Bonchev–Trinajstić information content (AvgIpc) is 2.35. The fourth-order valence-corrected chi connectivity index (χ4v) is 3.35. The van der Waals surface area contributed by atoms with Crippen LogP contribution in [0, 0.1) is 5.92 Å². The molecule has 1 saturated carbocycles. The second-order valence-corrected chi connectivity index (χ2v) is 5.13. The van der Waals surface area contributed by atoms with Gasteiger partial charge in [0, 0.05) is 12.6 Å². The number of piperidine rings is 1. The van der Waals surface area contributed by atoms with E-state index >= 15 is 0 Å². The van der Waals surface area contributed by atoms with Gasteiger partial charge in [-0.05, 0) is 38.1 Å². The van der Waals surface area contributed by atoms with Crippen molar-refractivity contribution in [1.29, 1.82) is 0 Å². The standard InChI is InChI=1S/C13H25NO2/c15-9-11-16-10-8-14-7-3-5-12-4-1-2-6-13(12)14/h12-13,15H,1-11H2/t12-,13-/m1/s1. The molecule has 0 aromatic rings. The number of likely N-dealkylation sites (tertiary alicyclic amines) is 1. The van der Waals surface area contributed by atoms with Gasteiger partial charge in [-0.15, -0.1) is 0 Å². The molecule has 1 aliphatic carbocycles. The summed E-state index contributed by atoms with van der Waals surface area (Å²) in [6.07, 6.45) is 8.49. The minimum Gasteiger partial charge on any atom is -0.394 e. The monoisotopic (exact) mass is 227 g/mol. The maximum absolute atomic E-state index is 8.65. The normalized spacial score (nSPS) is 31.3. The predicted molar refractivity (Wildman–Crippen MR) is 64.5 cm³/mol. The van der Waals surface area contributed by atoms with E-state index in [1.807, 2.05) is 0 Å². The molecule has 0 spiro atoms. The van der Waals surface area contributed by atoms with E-state index in [4.69, 9.17) is 9.84 Å². The number of aliphatic hydroxyl groups excluding tert-OH is 1. The number of aliphatic hydroxyl groups is 1. The van der Waals surface area contributed by atoms with Gasteiger partial charge in [0.2, 0.25) is 0 Å². The van der Waals surface area contributed by atoms with Gasteiger partial charge in [0.15, 0.2) is 0 Å². The Kier molecular flexibility index (Phi) is 5.07. The van der Waals surface area contributed by atoms with E-state index in [1.165, 1.54) is 45.1 Å². The number of ether oxygens (including phenoxy) is 1. The Hall–Kier alpha value is -0.120. The van der Waals surface area contributed by atoms with Crippen molar-refractivity contribution in [3.63, 3.8) is 0 Å². The Labute approximate surface area is 98.8 Å². The highest BCUT2D eigenvalue weighted by molar-refractivity contribution is 4.87. The third-order valence-electron chi connectivity index (χ3n) is 4.12. The highest BCUT2D eigenvalue weighted by Crippen LogP contribution is 2.34. The fraction of sp³-hybridized carbons (Fsp3) is 1.00. The molecule has 2 aliphatic rings. The van der Waals surface area contributed by atoms with E-state index < -0.39 is 0 Å². The summed E-state index contributed by atoms with van der Waals surface area (Å²) >= 11 is 0. The fourth-order valence-electron chi connectivity index (χ4n) is 3.35. The molecular formula is C13H25NO2. The van der Waals surface area contributed by atoms with Crippen molar-refractivity contribution >= 4 is 0 Å². The van der Waals surface area contributed by atoms with Crippen LogP contribution in [0.3, 0.4) is 0 Å². The van der Waals surface area contributed by atoms with Crippen LogP contribution in [0.4, 0.5) is 0 Å². The second kappa shape index (κ2) is 6.58.